The van der Waals surface area contributed by atoms with Crippen LogP contribution >= 0.6 is 0 Å². The first kappa shape index (κ1) is 17.4. The van der Waals surface area contributed by atoms with E-state index in [1.54, 1.807) is 0 Å². The molecular formula is C20H31N3O. The number of likely N-dealkylation sites (tertiary alicyclic amines) is 1. The lowest BCUT2D eigenvalue weighted by Gasteiger charge is -2.27. The molecule has 0 unspecified atom stereocenters. The Labute approximate surface area is 146 Å². The Bertz CT molecular complexity index is 589. The van der Waals surface area contributed by atoms with E-state index < -0.39 is 5.60 Å². The van der Waals surface area contributed by atoms with Crippen LogP contribution in [0.5, 0.6) is 0 Å². The van der Waals surface area contributed by atoms with Crippen molar-refractivity contribution < 1.29 is 4.74 Å². The minimum atomic E-state index is -0.391. The topological polar surface area (TPSA) is 51.4 Å². The number of allylic oxidation sites excluding steroid dienone is 2. The first-order valence-electron chi connectivity index (χ1n) is 9.39. The Kier molecular flexibility index (Phi) is 5.57. The molecule has 0 atom stereocenters. The monoisotopic (exact) mass is 329 g/mol. The van der Waals surface area contributed by atoms with Crippen molar-refractivity contribution in [1.29, 1.82) is 0 Å². The highest BCUT2D eigenvalue weighted by molar-refractivity contribution is 5.72. The Morgan fingerprint density at radius 1 is 1.17 bits per heavy atom. The molecule has 0 bridgehead atoms. The standard InChI is InChI=1S/C20H31N3O/c1-20(2,24-15-14-23-12-6-7-13-23)18-11-10-17(21)19(22-18)16-8-4-3-5-9-16/h8,10-11H,3-7,9,12-15,21H2,1-2H3. The molecule has 1 aliphatic heterocycles. The van der Waals surface area contributed by atoms with E-state index in [-0.39, 0.29) is 0 Å². The highest BCUT2D eigenvalue weighted by Gasteiger charge is 2.25. The molecule has 132 valence electrons. The molecule has 2 heterocycles. The Morgan fingerprint density at radius 2 is 1.96 bits per heavy atom. The van der Waals surface area contributed by atoms with Gasteiger partial charge in [-0.15, -0.1) is 0 Å². The van der Waals surface area contributed by atoms with E-state index in [2.05, 4.69) is 24.8 Å². The van der Waals surface area contributed by atoms with Crippen molar-refractivity contribution in [3.05, 3.63) is 29.6 Å². The average molecular weight is 329 g/mol. The highest BCUT2D eigenvalue weighted by Crippen LogP contribution is 2.32. The van der Waals surface area contributed by atoms with Crippen molar-refractivity contribution >= 4 is 11.3 Å². The third-order valence-electron chi connectivity index (χ3n) is 5.21. The van der Waals surface area contributed by atoms with Crippen LogP contribution in [0.15, 0.2) is 18.2 Å². The summed E-state index contributed by atoms with van der Waals surface area (Å²) in [6, 6.07) is 4.00. The maximum absolute atomic E-state index is 6.20. The summed E-state index contributed by atoms with van der Waals surface area (Å²) in [5.41, 5.74) is 9.81. The van der Waals surface area contributed by atoms with Crippen LogP contribution in [-0.4, -0.2) is 36.1 Å². The number of nitrogen functional groups attached to an aromatic ring is 1. The lowest BCUT2D eigenvalue weighted by molar-refractivity contribution is -0.0317. The summed E-state index contributed by atoms with van der Waals surface area (Å²) >= 11 is 0. The van der Waals surface area contributed by atoms with Gasteiger partial charge in [0.15, 0.2) is 0 Å². The Morgan fingerprint density at radius 3 is 2.67 bits per heavy atom. The highest BCUT2D eigenvalue weighted by atomic mass is 16.5. The largest absolute Gasteiger partial charge is 0.397 e. The molecule has 0 spiro atoms. The summed E-state index contributed by atoms with van der Waals surface area (Å²) in [5, 5.41) is 0. The van der Waals surface area contributed by atoms with Crippen LogP contribution in [0.4, 0.5) is 5.69 Å². The second kappa shape index (κ2) is 7.66. The fourth-order valence-electron chi connectivity index (χ4n) is 3.63. The summed E-state index contributed by atoms with van der Waals surface area (Å²) < 4.78 is 6.20. The molecule has 4 heteroatoms. The fraction of sp³-hybridized carbons (Fsp3) is 0.650. The number of anilines is 1. The van der Waals surface area contributed by atoms with Gasteiger partial charge < -0.3 is 15.4 Å². The summed E-state index contributed by atoms with van der Waals surface area (Å²) in [6.45, 7) is 8.39. The van der Waals surface area contributed by atoms with Crippen molar-refractivity contribution in [1.82, 2.24) is 9.88 Å². The zero-order valence-corrected chi connectivity index (χ0v) is 15.2. The summed E-state index contributed by atoms with van der Waals surface area (Å²) in [5.74, 6) is 0. The lowest BCUT2D eigenvalue weighted by atomic mass is 9.95. The van der Waals surface area contributed by atoms with Gasteiger partial charge >= 0.3 is 0 Å². The number of hydrogen-bond acceptors (Lipinski definition) is 4. The van der Waals surface area contributed by atoms with E-state index in [1.165, 1.54) is 44.3 Å². The lowest BCUT2D eigenvalue weighted by Crippen LogP contribution is -2.30. The van der Waals surface area contributed by atoms with E-state index in [0.717, 1.165) is 43.1 Å². The molecule has 0 aromatic carbocycles. The van der Waals surface area contributed by atoms with Crippen LogP contribution in [0.25, 0.3) is 5.57 Å². The first-order valence-corrected chi connectivity index (χ1v) is 9.39. The minimum Gasteiger partial charge on any atom is -0.397 e. The molecule has 4 nitrogen and oxygen atoms in total. The van der Waals surface area contributed by atoms with Crippen LogP contribution in [0.3, 0.4) is 0 Å². The van der Waals surface area contributed by atoms with Crippen molar-refractivity contribution in [2.75, 3.05) is 32.0 Å². The summed E-state index contributed by atoms with van der Waals surface area (Å²) in [4.78, 5) is 7.36. The second-order valence-electron chi connectivity index (χ2n) is 7.52. The van der Waals surface area contributed by atoms with E-state index in [4.69, 9.17) is 15.5 Å². The van der Waals surface area contributed by atoms with Crippen molar-refractivity contribution in [2.45, 2.75) is 58.0 Å². The maximum atomic E-state index is 6.20. The molecule has 3 rings (SSSR count). The van der Waals surface area contributed by atoms with Crippen molar-refractivity contribution in [3.8, 4) is 0 Å². The molecule has 0 saturated carbocycles. The van der Waals surface area contributed by atoms with Crippen LogP contribution in [0.2, 0.25) is 0 Å². The predicted molar refractivity (Wildman–Crippen MR) is 99.7 cm³/mol. The van der Waals surface area contributed by atoms with Gasteiger partial charge in [-0.1, -0.05) is 6.08 Å². The van der Waals surface area contributed by atoms with Gasteiger partial charge in [-0.2, -0.15) is 0 Å². The molecule has 1 saturated heterocycles. The van der Waals surface area contributed by atoms with Crippen LogP contribution in [0.1, 0.15) is 63.8 Å². The van der Waals surface area contributed by atoms with Gasteiger partial charge in [0.05, 0.1) is 23.7 Å². The maximum Gasteiger partial charge on any atom is 0.104 e. The van der Waals surface area contributed by atoms with Crippen LogP contribution < -0.4 is 5.73 Å². The Balaban J connectivity index is 1.68. The molecule has 1 aromatic rings. The number of ether oxygens (including phenoxy) is 1. The van der Waals surface area contributed by atoms with E-state index >= 15 is 0 Å². The number of nitrogens with zero attached hydrogens (tertiary/aromatic N) is 2. The van der Waals surface area contributed by atoms with Gasteiger partial charge in [0, 0.05) is 6.54 Å². The third-order valence-corrected chi connectivity index (χ3v) is 5.21. The quantitative estimate of drug-likeness (QED) is 0.858. The van der Waals surface area contributed by atoms with E-state index in [1.807, 2.05) is 12.1 Å². The van der Waals surface area contributed by atoms with Crippen LogP contribution in [-0.2, 0) is 10.3 Å². The fourth-order valence-corrected chi connectivity index (χ4v) is 3.63. The summed E-state index contributed by atoms with van der Waals surface area (Å²) in [6.07, 6.45) is 9.66. The third kappa shape index (κ3) is 4.17. The SMILES string of the molecule is CC(C)(OCCN1CCCC1)c1ccc(N)c(C2=CCCCC2)n1. The molecule has 24 heavy (non-hydrogen) atoms. The van der Waals surface area contributed by atoms with Gasteiger partial charge in [0.25, 0.3) is 0 Å². The molecule has 2 N–H and O–H groups in total. The molecule has 1 aliphatic carbocycles. The molecule has 2 aliphatic rings. The van der Waals surface area contributed by atoms with Gasteiger partial charge in [0.2, 0.25) is 0 Å². The average Bonchev–Trinajstić information content (AvgIpc) is 3.09. The number of rotatable bonds is 6. The Hall–Kier alpha value is -1.39. The zero-order valence-electron chi connectivity index (χ0n) is 15.2. The summed E-state index contributed by atoms with van der Waals surface area (Å²) in [7, 11) is 0. The van der Waals surface area contributed by atoms with E-state index in [9.17, 15) is 0 Å². The second-order valence-corrected chi connectivity index (χ2v) is 7.52. The zero-order chi connectivity index (χ0) is 17.0. The molecule has 0 radical (unpaired) electrons. The number of hydrogen-bond donors (Lipinski definition) is 1. The van der Waals surface area contributed by atoms with Crippen LogP contribution in [0, 0.1) is 0 Å². The molecule has 1 fully saturated rings. The smallest absolute Gasteiger partial charge is 0.104 e. The molecule has 0 amide bonds. The van der Waals surface area contributed by atoms with Crippen molar-refractivity contribution in [2.24, 2.45) is 0 Å². The predicted octanol–water partition coefficient (Wildman–Crippen LogP) is 3.97. The normalized spacial score (nSPS) is 19.5. The molecule has 1 aromatic heterocycles. The van der Waals surface area contributed by atoms with Crippen molar-refractivity contribution in [3.63, 3.8) is 0 Å². The van der Waals surface area contributed by atoms with Gasteiger partial charge in [0.1, 0.15) is 5.60 Å². The first-order chi connectivity index (χ1) is 11.6. The van der Waals surface area contributed by atoms with Gasteiger partial charge in [-0.3, -0.25) is 0 Å². The number of aromatic nitrogens is 1. The number of pyridine rings is 1. The van der Waals surface area contributed by atoms with Gasteiger partial charge in [-0.05, 0) is 83.2 Å². The van der Waals surface area contributed by atoms with Gasteiger partial charge in [-0.25, -0.2) is 4.98 Å². The molecular weight excluding hydrogens is 298 g/mol. The number of nitrogens with two attached hydrogens (primary N) is 1. The minimum absolute atomic E-state index is 0.391. The van der Waals surface area contributed by atoms with E-state index in [0.29, 0.717) is 0 Å².